The predicted molar refractivity (Wildman–Crippen MR) is 82.8 cm³/mol. The summed E-state index contributed by atoms with van der Waals surface area (Å²) in [7, 11) is 0. The third-order valence-electron chi connectivity index (χ3n) is 3.14. The SMILES string of the molecule is Cc1cc(C)cc(CC(=O)c2cccc(C)c2Br)c1. The van der Waals surface area contributed by atoms with Crippen molar-refractivity contribution >= 4 is 21.7 Å². The largest absolute Gasteiger partial charge is 0.294 e. The molecule has 0 heterocycles. The van der Waals surface area contributed by atoms with E-state index in [0.717, 1.165) is 21.2 Å². The van der Waals surface area contributed by atoms with Gasteiger partial charge in [0.05, 0.1) is 0 Å². The normalized spacial score (nSPS) is 10.5. The molecule has 0 fully saturated rings. The van der Waals surface area contributed by atoms with Gasteiger partial charge in [-0.2, -0.15) is 0 Å². The highest BCUT2D eigenvalue weighted by molar-refractivity contribution is 9.10. The molecule has 0 unspecified atom stereocenters. The van der Waals surface area contributed by atoms with E-state index in [-0.39, 0.29) is 5.78 Å². The molecule has 0 atom stereocenters. The fourth-order valence-corrected chi connectivity index (χ4v) is 2.80. The number of carbonyl (C=O) groups is 1. The molecule has 0 radical (unpaired) electrons. The van der Waals surface area contributed by atoms with Crippen LogP contribution in [0.1, 0.15) is 32.6 Å². The summed E-state index contributed by atoms with van der Waals surface area (Å²) < 4.78 is 0.907. The Kier molecular flexibility index (Phi) is 4.20. The van der Waals surface area contributed by atoms with Crippen molar-refractivity contribution < 1.29 is 4.79 Å². The van der Waals surface area contributed by atoms with Crippen molar-refractivity contribution in [3.63, 3.8) is 0 Å². The van der Waals surface area contributed by atoms with Crippen LogP contribution in [-0.2, 0) is 6.42 Å². The molecule has 2 rings (SSSR count). The van der Waals surface area contributed by atoms with E-state index in [0.29, 0.717) is 6.42 Å². The fourth-order valence-electron chi connectivity index (χ4n) is 2.31. The highest BCUT2D eigenvalue weighted by Gasteiger charge is 2.12. The van der Waals surface area contributed by atoms with Gasteiger partial charge in [-0.1, -0.05) is 47.5 Å². The molecule has 0 aromatic heterocycles. The van der Waals surface area contributed by atoms with Crippen LogP contribution < -0.4 is 0 Å². The van der Waals surface area contributed by atoms with Gasteiger partial charge in [-0.3, -0.25) is 4.79 Å². The molecular formula is C17H17BrO. The highest BCUT2D eigenvalue weighted by Crippen LogP contribution is 2.23. The van der Waals surface area contributed by atoms with Gasteiger partial charge in [0.15, 0.2) is 5.78 Å². The number of benzene rings is 2. The number of hydrogen-bond acceptors (Lipinski definition) is 1. The van der Waals surface area contributed by atoms with E-state index >= 15 is 0 Å². The molecule has 0 aliphatic carbocycles. The number of Topliss-reactive ketones (excluding diaryl/α,β-unsaturated/α-hetero) is 1. The second-order valence-electron chi connectivity index (χ2n) is 5.03. The van der Waals surface area contributed by atoms with Crippen molar-refractivity contribution in [2.45, 2.75) is 27.2 Å². The maximum atomic E-state index is 12.4. The number of rotatable bonds is 3. The zero-order chi connectivity index (χ0) is 14.0. The van der Waals surface area contributed by atoms with Crippen LogP contribution in [-0.4, -0.2) is 5.78 Å². The van der Waals surface area contributed by atoms with Gasteiger partial charge in [-0.05, 0) is 47.8 Å². The Morgan fingerprint density at radius 3 is 2.32 bits per heavy atom. The Balaban J connectivity index is 2.28. The molecule has 0 N–H and O–H groups in total. The molecule has 98 valence electrons. The van der Waals surface area contributed by atoms with Crippen LogP contribution in [0.4, 0.5) is 0 Å². The van der Waals surface area contributed by atoms with Gasteiger partial charge in [0.1, 0.15) is 0 Å². The van der Waals surface area contributed by atoms with Gasteiger partial charge in [0, 0.05) is 16.5 Å². The summed E-state index contributed by atoms with van der Waals surface area (Å²) in [6.45, 7) is 6.12. The number of carbonyl (C=O) groups excluding carboxylic acids is 1. The summed E-state index contributed by atoms with van der Waals surface area (Å²) in [5.74, 6) is 0.153. The highest BCUT2D eigenvalue weighted by atomic mass is 79.9. The molecule has 2 heteroatoms. The van der Waals surface area contributed by atoms with Gasteiger partial charge in [-0.25, -0.2) is 0 Å². The fraction of sp³-hybridized carbons (Fsp3) is 0.235. The number of hydrogen-bond donors (Lipinski definition) is 0. The molecule has 2 aromatic rings. The first kappa shape index (κ1) is 14.0. The Morgan fingerprint density at radius 2 is 1.68 bits per heavy atom. The Morgan fingerprint density at radius 1 is 1.05 bits per heavy atom. The lowest BCUT2D eigenvalue weighted by Gasteiger charge is -2.08. The van der Waals surface area contributed by atoms with Crippen LogP contribution in [0.25, 0.3) is 0 Å². The van der Waals surface area contributed by atoms with E-state index in [9.17, 15) is 4.79 Å². The maximum Gasteiger partial charge on any atom is 0.168 e. The molecule has 0 spiro atoms. The lowest BCUT2D eigenvalue weighted by molar-refractivity contribution is 0.0992. The molecule has 1 nitrogen and oxygen atoms in total. The van der Waals surface area contributed by atoms with Gasteiger partial charge < -0.3 is 0 Å². The third kappa shape index (κ3) is 3.32. The molecule has 0 amide bonds. The minimum atomic E-state index is 0.153. The topological polar surface area (TPSA) is 17.1 Å². The van der Waals surface area contributed by atoms with E-state index in [1.54, 1.807) is 0 Å². The molecule has 0 bridgehead atoms. The van der Waals surface area contributed by atoms with E-state index < -0.39 is 0 Å². The van der Waals surface area contributed by atoms with Crippen LogP contribution in [0, 0.1) is 20.8 Å². The van der Waals surface area contributed by atoms with Gasteiger partial charge in [0.25, 0.3) is 0 Å². The Bertz CT molecular complexity index is 609. The van der Waals surface area contributed by atoms with Crippen molar-refractivity contribution in [3.8, 4) is 0 Å². The molecular weight excluding hydrogens is 300 g/mol. The van der Waals surface area contributed by atoms with Crippen LogP contribution in [0.15, 0.2) is 40.9 Å². The minimum absolute atomic E-state index is 0.153. The van der Waals surface area contributed by atoms with Gasteiger partial charge in [0.2, 0.25) is 0 Å². The third-order valence-corrected chi connectivity index (χ3v) is 4.19. The molecule has 0 saturated heterocycles. The van der Waals surface area contributed by atoms with Crippen molar-refractivity contribution in [1.29, 1.82) is 0 Å². The smallest absolute Gasteiger partial charge is 0.168 e. The summed E-state index contributed by atoms with van der Waals surface area (Å²) in [4.78, 5) is 12.4. The van der Waals surface area contributed by atoms with Crippen LogP contribution in [0.2, 0.25) is 0 Å². The van der Waals surface area contributed by atoms with Gasteiger partial charge in [-0.15, -0.1) is 0 Å². The first-order valence-corrected chi connectivity index (χ1v) is 7.12. The maximum absolute atomic E-state index is 12.4. The molecule has 0 saturated carbocycles. The van der Waals surface area contributed by atoms with Gasteiger partial charge >= 0.3 is 0 Å². The first-order valence-electron chi connectivity index (χ1n) is 6.33. The summed E-state index contributed by atoms with van der Waals surface area (Å²) in [6.07, 6.45) is 0.449. The monoisotopic (exact) mass is 316 g/mol. The van der Waals surface area contributed by atoms with Crippen molar-refractivity contribution in [2.75, 3.05) is 0 Å². The van der Waals surface area contributed by atoms with E-state index in [1.165, 1.54) is 11.1 Å². The van der Waals surface area contributed by atoms with E-state index in [1.807, 2.05) is 25.1 Å². The lowest BCUT2D eigenvalue weighted by atomic mass is 9.99. The summed E-state index contributed by atoms with van der Waals surface area (Å²) >= 11 is 3.50. The number of aryl methyl sites for hydroxylation is 3. The lowest BCUT2D eigenvalue weighted by Crippen LogP contribution is -2.05. The van der Waals surface area contributed by atoms with Crippen LogP contribution in [0.5, 0.6) is 0 Å². The van der Waals surface area contributed by atoms with Crippen molar-refractivity contribution in [2.24, 2.45) is 0 Å². The standard InChI is InChI=1S/C17H17BrO/c1-11-7-12(2)9-14(8-11)10-16(19)15-6-4-5-13(3)17(15)18/h4-9H,10H2,1-3H3. The summed E-state index contributed by atoms with van der Waals surface area (Å²) in [6, 6.07) is 12.1. The average Bonchev–Trinajstić information content (AvgIpc) is 2.31. The first-order chi connectivity index (χ1) is 8.97. The average molecular weight is 317 g/mol. The van der Waals surface area contributed by atoms with Crippen LogP contribution >= 0.6 is 15.9 Å². The molecule has 0 aliphatic heterocycles. The number of halogens is 1. The molecule has 2 aromatic carbocycles. The summed E-state index contributed by atoms with van der Waals surface area (Å²) in [5, 5.41) is 0. The minimum Gasteiger partial charge on any atom is -0.294 e. The van der Waals surface area contributed by atoms with Crippen molar-refractivity contribution in [3.05, 3.63) is 68.7 Å². The van der Waals surface area contributed by atoms with E-state index in [2.05, 4.69) is 48.0 Å². The second-order valence-corrected chi connectivity index (χ2v) is 5.83. The quantitative estimate of drug-likeness (QED) is 0.743. The Labute approximate surface area is 122 Å². The molecule has 0 aliphatic rings. The van der Waals surface area contributed by atoms with Crippen LogP contribution in [0.3, 0.4) is 0 Å². The Hall–Kier alpha value is -1.41. The zero-order valence-electron chi connectivity index (χ0n) is 11.5. The van der Waals surface area contributed by atoms with Crippen molar-refractivity contribution in [1.82, 2.24) is 0 Å². The number of ketones is 1. The predicted octanol–water partition coefficient (Wildman–Crippen LogP) is 4.80. The molecule has 19 heavy (non-hydrogen) atoms. The van der Waals surface area contributed by atoms with E-state index in [4.69, 9.17) is 0 Å². The summed E-state index contributed by atoms with van der Waals surface area (Å²) in [5.41, 5.74) is 5.33. The zero-order valence-corrected chi connectivity index (χ0v) is 13.0. The second kappa shape index (κ2) is 5.70.